The average molecular weight is 422 g/mol. The van der Waals surface area contributed by atoms with Crippen LogP contribution in [0.5, 0.6) is 0 Å². The van der Waals surface area contributed by atoms with Crippen molar-refractivity contribution in [1.29, 1.82) is 0 Å². The molecule has 0 aliphatic carbocycles. The number of hydrogen-bond donors (Lipinski definition) is 2. The molecular weight excluding hydrogens is 395 g/mol. The molecule has 0 unspecified atom stereocenters. The molecule has 1 atom stereocenters. The molecule has 1 aromatic rings. The standard InChI is InChI=1S/C14H26N6O.HI/c1-4-5-7-15-14(20-8-6-12(21)10-20)16-9-13-18-17-11(2)19(13)3;/h12,21H,4-10H2,1-3H3,(H,15,16);1H/t12-;/m1./s1. The van der Waals surface area contributed by atoms with Crippen LogP contribution in [0.15, 0.2) is 4.99 Å². The Kier molecular flexibility index (Phi) is 8.08. The Morgan fingerprint density at radius 1 is 1.45 bits per heavy atom. The van der Waals surface area contributed by atoms with Crippen LogP contribution in [0.2, 0.25) is 0 Å². The Bertz CT molecular complexity index is 490. The monoisotopic (exact) mass is 422 g/mol. The third-order valence-corrected chi connectivity index (χ3v) is 3.83. The van der Waals surface area contributed by atoms with Crippen LogP contribution in [0, 0.1) is 6.92 Å². The van der Waals surface area contributed by atoms with Gasteiger partial charge in [0.15, 0.2) is 11.8 Å². The fourth-order valence-corrected chi connectivity index (χ4v) is 2.31. The number of aliphatic hydroxyl groups is 1. The lowest BCUT2D eigenvalue weighted by molar-refractivity contribution is 0.187. The number of β-amino-alcohol motifs (C(OH)–C–C–N with tert-alkyl or cyclic N) is 1. The van der Waals surface area contributed by atoms with Crippen LogP contribution in [0.1, 0.15) is 37.8 Å². The van der Waals surface area contributed by atoms with Crippen LogP contribution in [0.3, 0.4) is 0 Å². The highest BCUT2D eigenvalue weighted by atomic mass is 127. The summed E-state index contributed by atoms with van der Waals surface area (Å²) in [6, 6.07) is 0. The largest absolute Gasteiger partial charge is 0.391 e. The third kappa shape index (κ3) is 5.08. The minimum Gasteiger partial charge on any atom is -0.391 e. The molecule has 7 nitrogen and oxygen atoms in total. The molecule has 22 heavy (non-hydrogen) atoms. The second kappa shape index (κ2) is 9.29. The fraction of sp³-hybridized carbons (Fsp3) is 0.786. The van der Waals surface area contributed by atoms with Crippen molar-refractivity contribution in [2.24, 2.45) is 12.0 Å². The number of guanidine groups is 1. The van der Waals surface area contributed by atoms with Crippen LogP contribution in [0.4, 0.5) is 0 Å². The van der Waals surface area contributed by atoms with Crippen molar-refractivity contribution in [2.75, 3.05) is 19.6 Å². The molecule has 0 saturated carbocycles. The van der Waals surface area contributed by atoms with Gasteiger partial charge in [-0.1, -0.05) is 13.3 Å². The van der Waals surface area contributed by atoms with E-state index in [-0.39, 0.29) is 30.1 Å². The van der Waals surface area contributed by atoms with Gasteiger partial charge in [-0.3, -0.25) is 0 Å². The summed E-state index contributed by atoms with van der Waals surface area (Å²) in [4.78, 5) is 6.77. The molecule has 2 rings (SSSR count). The first-order chi connectivity index (χ1) is 10.1. The maximum Gasteiger partial charge on any atom is 0.194 e. The Balaban J connectivity index is 0.00000242. The average Bonchev–Trinajstić information content (AvgIpc) is 3.03. The summed E-state index contributed by atoms with van der Waals surface area (Å²) in [5.41, 5.74) is 0. The molecular formula is C14H27IN6O. The molecule has 1 fully saturated rings. The molecule has 1 saturated heterocycles. The second-order valence-electron chi connectivity index (χ2n) is 5.53. The Hall–Kier alpha value is -0.900. The van der Waals surface area contributed by atoms with Gasteiger partial charge in [0.25, 0.3) is 0 Å². The molecule has 2 heterocycles. The number of aliphatic imine (C=N–C) groups is 1. The van der Waals surface area contributed by atoms with Gasteiger partial charge in [0, 0.05) is 26.7 Å². The Morgan fingerprint density at radius 3 is 2.77 bits per heavy atom. The fourth-order valence-electron chi connectivity index (χ4n) is 2.31. The van der Waals surface area contributed by atoms with Gasteiger partial charge in [-0.15, -0.1) is 34.2 Å². The third-order valence-electron chi connectivity index (χ3n) is 3.83. The SMILES string of the molecule is CCCCNC(=NCc1nnc(C)n1C)N1CC[C@@H](O)C1.I. The van der Waals surface area contributed by atoms with Crippen LogP contribution in [0.25, 0.3) is 0 Å². The van der Waals surface area contributed by atoms with Crippen molar-refractivity contribution in [3.05, 3.63) is 11.6 Å². The van der Waals surface area contributed by atoms with Crippen LogP contribution >= 0.6 is 24.0 Å². The van der Waals surface area contributed by atoms with E-state index >= 15 is 0 Å². The molecule has 2 N–H and O–H groups in total. The van der Waals surface area contributed by atoms with Crippen molar-refractivity contribution in [1.82, 2.24) is 25.0 Å². The predicted octanol–water partition coefficient (Wildman–Crippen LogP) is 1.05. The molecule has 1 aliphatic heterocycles. The second-order valence-corrected chi connectivity index (χ2v) is 5.53. The number of nitrogens with one attached hydrogen (secondary N) is 1. The van der Waals surface area contributed by atoms with E-state index in [4.69, 9.17) is 0 Å². The minimum absolute atomic E-state index is 0. The van der Waals surface area contributed by atoms with Gasteiger partial charge in [-0.05, 0) is 19.8 Å². The first kappa shape index (κ1) is 19.1. The highest BCUT2D eigenvalue weighted by molar-refractivity contribution is 14.0. The quantitative estimate of drug-likeness (QED) is 0.321. The van der Waals surface area contributed by atoms with Crippen LogP contribution < -0.4 is 5.32 Å². The number of unbranched alkanes of at least 4 members (excludes halogenated alkanes) is 1. The molecule has 8 heteroatoms. The topological polar surface area (TPSA) is 78.6 Å². The smallest absolute Gasteiger partial charge is 0.194 e. The summed E-state index contributed by atoms with van der Waals surface area (Å²) >= 11 is 0. The highest BCUT2D eigenvalue weighted by Gasteiger charge is 2.23. The zero-order valence-corrected chi connectivity index (χ0v) is 15.9. The van der Waals surface area contributed by atoms with Gasteiger partial charge in [-0.25, -0.2) is 4.99 Å². The molecule has 0 spiro atoms. The van der Waals surface area contributed by atoms with Crippen molar-refractivity contribution < 1.29 is 5.11 Å². The van der Waals surface area contributed by atoms with E-state index in [1.54, 1.807) is 0 Å². The number of halogens is 1. The number of likely N-dealkylation sites (tertiary alicyclic amines) is 1. The summed E-state index contributed by atoms with van der Waals surface area (Å²) in [5.74, 6) is 2.60. The molecule has 126 valence electrons. The van der Waals surface area contributed by atoms with Gasteiger partial charge in [-0.2, -0.15) is 0 Å². The highest BCUT2D eigenvalue weighted by Crippen LogP contribution is 2.09. The normalized spacial score (nSPS) is 18.5. The molecule has 0 aromatic carbocycles. The van der Waals surface area contributed by atoms with Gasteiger partial charge in [0.05, 0.1) is 6.10 Å². The molecule has 1 aliphatic rings. The zero-order chi connectivity index (χ0) is 15.2. The Labute approximate surface area is 149 Å². The van der Waals surface area contributed by atoms with Crippen molar-refractivity contribution >= 4 is 29.9 Å². The van der Waals surface area contributed by atoms with Crippen molar-refractivity contribution in [3.63, 3.8) is 0 Å². The number of aryl methyl sites for hydroxylation is 1. The molecule has 1 aromatic heterocycles. The van der Waals surface area contributed by atoms with Crippen molar-refractivity contribution in [2.45, 2.75) is 45.8 Å². The summed E-state index contributed by atoms with van der Waals surface area (Å²) in [6.07, 6.45) is 2.81. The maximum atomic E-state index is 9.70. The predicted molar refractivity (Wildman–Crippen MR) is 97.4 cm³/mol. The maximum absolute atomic E-state index is 9.70. The minimum atomic E-state index is -0.250. The zero-order valence-electron chi connectivity index (χ0n) is 13.6. The number of hydrogen-bond acceptors (Lipinski definition) is 4. The van der Waals surface area contributed by atoms with Crippen LogP contribution in [-0.2, 0) is 13.6 Å². The number of rotatable bonds is 5. The van der Waals surface area contributed by atoms with E-state index in [1.807, 2.05) is 18.5 Å². The number of aliphatic hydroxyl groups excluding tert-OH is 1. The van der Waals surface area contributed by atoms with Crippen LogP contribution in [-0.4, -0.2) is 56.5 Å². The van der Waals surface area contributed by atoms with E-state index < -0.39 is 0 Å². The van der Waals surface area contributed by atoms with E-state index in [2.05, 4.69) is 32.3 Å². The van der Waals surface area contributed by atoms with E-state index in [0.29, 0.717) is 13.1 Å². The van der Waals surface area contributed by atoms with Gasteiger partial charge in [0.1, 0.15) is 12.4 Å². The first-order valence-corrected chi connectivity index (χ1v) is 7.68. The van der Waals surface area contributed by atoms with E-state index in [9.17, 15) is 5.11 Å². The number of aromatic nitrogens is 3. The molecule has 0 amide bonds. The Morgan fingerprint density at radius 2 is 2.23 bits per heavy atom. The lowest BCUT2D eigenvalue weighted by Gasteiger charge is -2.21. The summed E-state index contributed by atoms with van der Waals surface area (Å²) in [6.45, 7) is 6.99. The van der Waals surface area contributed by atoms with Gasteiger partial charge < -0.3 is 19.9 Å². The van der Waals surface area contributed by atoms with E-state index in [1.165, 1.54) is 0 Å². The lowest BCUT2D eigenvalue weighted by atomic mass is 10.3. The van der Waals surface area contributed by atoms with Crippen molar-refractivity contribution in [3.8, 4) is 0 Å². The molecule has 0 radical (unpaired) electrons. The molecule has 0 bridgehead atoms. The van der Waals surface area contributed by atoms with Gasteiger partial charge >= 0.3 is 0 Å². The lowest BCUT2D eigenvalue weighted by Crippen LogP contribution is -2.41. The summed E-state index contributed by atoms with van der Waals surface area (Å²) in [5, 5.41) is 21.3. The number of nitrogens with zero attached hydrogens (tertiary/aromatic N) is 5. The summed E-state index contributed by atoms with van der Waals surface area (Å²) in [7, 11) is 1.95. The van der Waals surface area contributed by atoms with E-state index in [0.717, 1.165) is 50.0 Å². The first-order valence-electron chi connectivity index (χ1n) is 7.68. The summed E-state index contributed by atoms with van der Waals surface area (Å²) < 4.78 is 1.95. The van der Waals surface area contributed by atoms with Gasteiger partial charge in [0.2, 0.25) is 0 Å².